The summed E-state index contributed by atoms with van der Waals surface area (Å²) < 4.78 is 1.21. The van der Waals surface area contributed by atoms with Gasteiger partial charge >= 0.3 is 5.97 Å². The number of aromatic hydroxyl groups is 1. The van der Waals surface area contributed by atoms with Gasteiger partial charge in [-0.1, -0.05) is 49.6 Å². The Hall–Kier alpha value is -3.62. The van der Waals surface area contributed by atoms with E-state index in [1.807, 2.05) is 30.3 Å². The number of aromatic carboxylic acids is 1. The van der Waals surface area contributed by atoms with Gasteiger partial charge in [0.15, 0.2) is 11.4 Å². The molecule has 1 aliphatic heterocycles. The number of benzene rings is 1. The summed E-state index contributed by atoms with van der Waals surface area (Å²) in [4.78, 5) is 51.7. The van der Waals surface area contributed by atoms with Crippen molar-refractivity contribution in [2.24, 2.45) is 0 Å². The predicted molar refractivity (Wildman–Crippen MR) is 119 cm³/mol. The molecule has 1 aromatic carbocycles. The summed E-state index contributed by atoms with van der Waals surface area (Å²) in [6.07, 6.45) is 6.48. The second-order valence-electron chi connectivity index (χ2n) is 8.62. The predicted octanol–water partition coefficient (Wildman–Crippen LogP) is 1.77. The van der Waals surface area contributed by atoms with Crippen LogP contribution in [0.1, 0.15) is 58.5 Å². The maximum atomic E-state index is 13.4. The van der Waals surface area contributed by atoms with Gasteiger partial charge in [0.2, 0.25) is 11.3 Å². The van der Waals surface area contributed by atoms with Gasteiger partial charge in [0.05, 0.1) is 6.54 Å². The minimum atomic E-state index is -1.51. The van der Waals surface area contributed by atoms with E-state index < -0.39 is 34.7 Å². The minimum absolute atomic E-state index is 0.0377. The van der Waals surface area contributed by atoms with E-state index in [4.69, 9.17) is 0 Å². The van der Waals surface area contributed by atoms with Gasteiger partial charge in [-0.05, 0) is 24.8 Å². The first-order chi connectivity index (χ1) is 15.9. The lowest BCUT2D eigenvalue weighted by atomic mass is 9.95. The highest BCUT2D eigenvalue weighted by Crippen LogP contribution is 2.25. The van der Waals surface area contributed by atoms with Crippen molar-refractivity contribution in [3.8, 4) is 5.75 Å². The number of hydrogen-bond donors (Lipinski definition) is 3. The van der Waals surface area contributed by atoms with Crippen molar-refractivity contribution >= 4 is 17.8 Å². The number of hydrogen-bond acceptors (Lipinski definition) is 5. The van der Waals surface area contributed by atoms with Crippen LogP contribution < -0.4 is 10.7 Å². The lowest BCUT2D eigenvalue weighted by Gasteiger charge is -2.38. The molecule has 9 heteroatoms. The molecule has 0 bridgehead atoms. The Bertz CT molecular complexity index is 1120. The molecule has 1 aliphatic carbocycles. The van der Waals surface area contributed by atoms with Crippen molar-refractivity contribution in [1.82, 2.24) is 14.8 Å². The standard InChI is InChI=1S/C24H27N3O6/c28-20-17(24(32)33)13-26-14-18(22(30)25-16-9-5-2-6-10-16)27(23(31)19(26)21(20)29)12-11-15-7-3-1-4-8-15/h1,3-4,7-8,13,16,18,29H,2,5-6,9-12,14H2,(H,25,30)(H,32,33)/t18-/m1/s1. The molecule has 0 radical (unpaired) electrons. The van der Waals surface area contributed by atoms with Crippen LogP contribution in [0, 0.1) is 0 Å². The molecule has 9 nitrogen and oxygen atoms in total. The van der Waals surface area contributed by atoms with Gasteiger partial charge < -0.3 is 25.0 Å². The molecule has 1 fully saturated rings. The molecule has 33 heavy (non-hydrogen) atoms. The van der Waals surface area contributed by atoms with Gasteiger partial charge in [-0.25, -0.2) is 4.79 Å². The van der Waals surface area contributed by atoms with Gasteiger partial charge in [-0.3, -0.25) is 14.4 Å². The smallest absolute Gasteiger partial charge is 0.341 e. The zero-order valence-corrected chi connectivity index (χ0v) is 18.2. The Morgan fingerprint density at radius 2 is 1.76 bits per heavy atom. The highest BCUT2D eigenvalue weighted by molar-refractivity contribution is 6.00. The molecule has 2 aliphatic rings. The van der Waals surface area contributed by atoms with Crippen LogP contribution in [0.4, 0.5) is 0 Å². The summed E-state index contributed by atoms with van der Waals surface area (Å²) in [5, 5.41) is 22.7. The average Bonchev–Trinajstić information content (AvgIpc) is 2.81. The van der Waals surface area contributed by atoms with Gasteiger partial charge in [0.1, 0.15) is 11.6 Å². The van der Waals surface area contributed by atoms with Gasteiger partial charge in [0, 0.05) is 18.8 Å². The molecule has 1 atom stereocenters. The van der Waals surface area contributed by atoms with E-state index in [0.29, 0.717) is 6.42 Å². The van der Waals surface area contributed by atoms with Crippen molar-refractivity contribution in [1.29, 1.82) is 0 Å². The number of carboxylic acids is 1. The highest BCUT2D eigenvalue weighted by Gasteiger charge is 2.40. The van der Waals surface area contributed by atoms with E-state index in [-0.39, 0.29) is 30.7 Å². The first-order valence-electron chi connectivity index (χ1n) is 11.2. The lowest BCUT2D eigenvalue weighted by molar-refractivity contribution is -0.127. The monoisotopic (exact) mass is 453 g/mol. The molecular formula is C24H27N3O6. The van der Waals surface area contributed by atoms with Crippen LogP contribution in [0.5, 0.6) is 5.75 Å². The number of carbonyl (C=O) groups is 3. The van der Waals surface area contributed by atoms with Gasteiger partial charge in [-0.2, -0.15) is 0 Å². The van der Waals surface area contributed by atoms with Crippen molar-refractivity contribution in [2.45, 2.75) is 57.2 Å². The largest absolute Gasteiger partial charge is 0.503 e. The summed E-state index contributed by atoms with van der Waals surface area (Å²) >= 11 is 0. The number of carboxylic acid groups (broad SMARTS) is 1. The highest BCUT2D eigenvalue weighted by atomic mass is 16.4. The summed E-state index contributed by atoms with van der Waals surface area (Å²) in [5.41, 5.74) is -1.08. The zero-order valence-electron chi connectivity index (χ0n) is 18.2. The Labute approximate surface area is 190 Å². The molecule has 2 amide bonds. The van der Waals surface area contributed by atoms with Crippen LogP contribution in [0.15, 0.2) is 41.3 Å². The number of rotatable bonds is 6. The number of carbonyl (C=O) groups excluding carboxylic acids is 2. The number of nitrogens with zero attached hydrogens (tertiary/aromatic N) is 2. The van der Waals surface area contributed by atoms with Crippen molar-refractivity contribution in [3.05, 3.63) is 63.6 Å². The molecule has 0 saturated heterocycles. The maximum Gasteiger partial charge on any atom is 0.341 e. The first kappa shape index (κ1) is 22.6. The van der Waals surface area contributed by atoms with Crippen molar-refractivity contribution < 1.29 is 24.6 Å². The SMILES string of the molecule is O=C(O)c1cn2c(c(O)c1=O)C(=O)N(CCc1ccccc1)[C@@H](C(=O)NC1CCCCC1)C2. The fraction of sp³-hybridized carbons (Fsp3) is 0.417. The molecular weight excluding hydrogens is 426 g/mol. The van der Waals surface area contributed by atoms with E-state index in [9.17, 15) is 29.4 Å². The normalized spacial score (nSPS) is 18.6. The summed E-state index contributed by atoms with van der Waals surface area (Å²) in [5.74, 6) is -3.40. The van der Waals surface area contributed by atoms with Crippen molar-refractivity contribution in [3.63, 3.8) is 0 Å². The Morgan fingerprint density at radius 1 is 1.06 bits per heavy atom. The van der Waals surface area contributed by atoms with Crippen LogP contribution in [-0.2, 0) is 17.8 Å². The number of amides is 2. The molecule has 1 saturated carbocycles. The molecule has 1 aromatic heterocycles. The van der Waals surface area contributed by atoms with Crippen LogP contribution in [0.2, 0.25) is 0 Å². The quantitative estimate of drug-likeness (QED) is 0.611. The molecule has 2 heterocycles. The minimum Gasteiger partial charge on any atom is -0.503 e. The van der Waals surface area contributed by atoms with Crippen LogP contribution in [-0.4, -0.2) is 56.1 Å². The number of pyridine rings is 1. The van der Waals surface area contributed by atoms with E-state index >= 15 is 0 Å². The average molecular weight is 453 g/mol. The molecule has 174 valence electrons. The van der Waals surface area contributed by atoms with Crippen molar-refractivity contribution in [2.75, 3.05) is 6.54 Å². The topological polar surface area (TPSA) is 129 Å². The second-order valence-corrected chi connectivity index (χ2v) is 8.62. The molecule has 0 unspecified atom stereocenters. The third kappa shape index (κ3) is 4.62. The third-order valence-corrected chi connectivity index (χ3v) is 6.43. The van der Waals surface area contributed by atoms with Crippen LogP contribution in [0.3, 0.4) is 0 Å². The number of aromatic nitrogens is 1. The summed E-state index contributed by atoms with van der Waals surface area (Å²) in [7, 11) is 0. The molecule has 3 N–H and O–H groups in total. The number of fused-ring (bicyclic) bond motifs is 1. The third-order valence-electron chi connectivity index (χ3n) is 6.43. The summed E-state index contributed by atoms with van der Waals surface area (Å²) in [6, 6.07) is 8.64. The zero-order chi connectivity index (χ0) is 23.5. The fourth-order valence-corrected chi connectivity index (χ4v) is 4.65. The maximum absolute atomic E-state index is 13.4. The fourth-order valence-electron chi connectivity index (χ4n) is 4.65. The van der Waals surface area contributed by atoms with Crippen LogP contribution in [0.25, 0.3) is 0 Å². The molecule has 4 rings (SSSR count). The van der Waals surface area contributed by atoms with Gasteiger partial charge in [-0.15, -0.1) is 0 Å². The first-order valence-corrected chi connectivity index (χ1v) is 11.2. The Kier molecular flexibility index (Phi) is 6.48. The van der Waals surface area contributed by atoms with E-state index in [0.717, 1.165) is 43.9 Å². The van der Waals surface area contributed by atoms with E-state index in [1.165, 1.54) is 9.47 Å². The number of nitrogens with one attached hydrogen (secondary N) is 1. The summed E-state index contributed by atoms with van der Waals surface area (Å²) in [6.45, 7) is 0.155. The Morgan fingerprint density at radius 3 is 2.42 bits per heavy atom. The van der Waals surface area contributed by atoms with E-state index in [1.54, 1.807) is 0 Å². The van der Waals surface area contributed by atoms with Crippen LogP contribution >= 0.6 is 0 Å². The Balaban J connectivity index is 1.67. The molecule has 2 aromatic rings. The van der Waals surface area contributed by atoms with Gasteiger partial charge in [0.25, 0.3) is 5.91 Å². The van der Waals surface area contributed by atoms with E-state index in [2.05, 4.69) is 5.32 Å². The lowest BCUT2D eigenvalue weighted by Crippen LogP contribution is -2.57. The molecule has 0 spiro atoms. The second kappa shape index (κ2) is 9.48.